The van der Waals surface area contributed by atoms with Gasteiger partial charge in [0.2, 0.25) is 0 Å². The molecule has 2 aromatic carbocycles. The van der Waals surface area contributed by atoms with Crippen molar-refractivity contribution < 1.29 is 4.79 Å². The lowest BCUT2D eigenvalue weighted by Crippen LogP contribution is -2.35. The van der Waals surface area contributed by atoms with E-state index >= 15 is 0 Å². The van der Waals surface area contributed by atoms with Crippen LogP contribution in [0.25, 0.3) is 0 Å². The molecule has 0 bridgehead atoms. The lowest BCUT2D eigenvalue weighted by Gasteiger charge is -2.25. The van der Waals surface area contributed by atoms with Crippen molar-refractivity contribution in [3.8, 4) is 0 Å². The van der Waals surface area contributed by atoms with Crippen LogP contribution in [-0.4, -0.2) is 19.1 Å². The summed E-state index contributed by atoms with van der Waals surface area (Å²) in [5.74, 6) is 0.669. The summed E-state index contributed by atoms with van der Waals surface area (Å²) in [6.07, 6.45) is 4.87. The summed E-state index contributed by atoms with van der Waals surface area (Å²) in [7, 11) is 0. The third kappa shape index (κ3) is 3.63. The number of rotatable bonds is 5. The summed E-state index contributed by atoms with van der Waals surface area (Å²) in [5.41, 5.74) is 4.77. The van der Waals surface area contributed by atoms with Crippen molar-refractivity contribution in [3.05, 3.63) is 59.7 Å². The fourth-order valence-electron chi connectivity index (χ4n) is 3.66. The van der Waals surface area contributed by atoms with Crippen LogP contribution in [0, 0.1) is 5.92 Å². The third-order valence-electron chi connectivity index (χ3n) is 5.39. The van der Waals surface area contributed by atoms with Gasteiger partial charge in [0.1, 0.15) is 0 Å². The Kier molecular flexibility index (Phi) is 4.59. The lowest BCUT2D eigenvalue weighted by atomic mass is 9.85. The molecular formula is C21H25N3O. The normalized spacial score (nSPS) is 16.2. The Morgan fingerprint density at radius 1 is 1.08 bits per heavy atom. The zero-order chi connectivity index (χ0) is 17.1. The maximum Gasteiger partial charge on any atom is 0.319 e. The molecule has 0 unspecified atom stereocenters. The van der Waals surface area contributed by atoms with Crippen LogP contribution in [0.4, 0.5) is 16.2 Å². The topological polar surface area (TPSA) is 44.4 Å². The molecule has 130 valence electrons. The van der Waals surface area contributed by atoms with Crippen molar-refractivity contribution in [2.24, 2.45) is 5.92 Å². The fourth-order valence-corrected chi connectivity index (χ4v) is 3.66. The van der Waals surface area contributed by atoms with E-state index in [1.54, 1.807) is 0 Å². The minimum absolute atomic E-state index is 0.0961. The first-order valence-electron chi connectivity index (χ1n) is 9.25. The highest BCUT2D eigenvalue weighted by Crippen LogP contribution is 2.30. The van der Waals surface area contributed by atoms with Crippen molar-refractivity contribution in [3.63, 3.8) is 0 Å². The molecular weight excluding hydrogens is 310 g/mol. The predicted octanol–water partition coefficient (Wildman–Crippen LogP) is 4.17. The van der Waals surface area contributed by atoms with Crippen LogP contribution in [0.3, 0.4) is 0 Å². The number of hydrogen-bond acceptors (Lipinski definition) is 2. The number of carbonyl (C=O) groups is 1. The van der Waals surface area contributed by atoms with Crippen molar-refractivity contribution in [1.29, 1.82) is 0 Å². The van der Waals surface area contributed by atoms with Crippen LogP contribution in [-0.2, 0) is 13.0 Å². The molecule has 0 spiro atoms. The van der Waals surface area contributed by atoms with E-state index in [2.05, 4.69) is 45.9 Å². The highest BCUT2D eigenvalue weighted by Gasteiger charge is 2.20. The van der Waals surface area contributed by atoms with E-state index in [1.807, 2.05) is 18.2 Å². The molecule has 2 aliphatic rings. The predicted molar refractivity (Wildman–Crippen MR) is 102 cm³/mol. The van der Waals surface area contributed by atoms with E-state index in [-0.39, 0.29) is 6.03 Å². The van der Waals surface area contributed by atoms with E-state index < -0.39 is 0 Å². The van der Waals surface area contributed by atoms with Gasteiger partial charge in [0.05, 0.1) is 0 Å². The molecule has 4 nitrogen and oxygen atoms in total. The number of anilines is 2. The van der Waals surface area contributed by atoms with E-state index in [1.165, 1.54) is 30.5 Å². The van der Waals surface area contributed by atoms with Crippen molar-refractivity contribution in [1.82, 2.24) is 5.32 Å². The zero-order valence-electron chi connectivity index (χ0n) is 14.5. The van der Waals surface area contributed by atoms with Gasteiger partial charge in [-0.1, -0.05) is 42.8 Å². The summed E-state index contributed by atoms with van der Waals surface area (Å²) in [5, 5.41) is 6.04. The fraction of sp³-hybridized carbons (Fsp3) is 0.381. The van der Waals surface area contributed by atoms with Crippen molar-refractivity contribution >= 4 is 17.4 Å². The first-order valence-corrected chi connectivity index (χ1v) is 9.25. The minimum Gasteiger partial charge on any atom is -0.367 e. The monoisotopic (exact) mass is 335 g/mol. The van der Waals surface area contributed by atoms with Gasteiger partial charge in [0.25, 0.3) is 0 Å². The summed E-state index contributed by atoms with van der Waals surface area (Å²) >= 11 is 0. The van der Waals surface area contributed by atoms with E-state index in [4.69, 9.17) is 0 Å². The second-order valence-electron chi connectivity index (χ2n) is 7.09. The van der Waals surface area contributed by atoms with Gasteiger partial charge in [0.15, 0.2) is 0 Å². The molecule has 4 heteroatoms. The summed E-state index contributed by atoms with van der Waals surface area (Å²) in [4.78, 5) is 14.6. The SMILES string of the molecule is O=C(NCC1CCC1)Nc1ccccc1CN1CCc2ccccc21. The van der Waals surface area contributed by atoms with Crippen molar-refractivity contribution in [2.45, 2.75) is 32.2 Å². The molecule has 1 heterocycles. The van der Waals surface area contributed by atoms with E-state index in [9.17, 15) is 4.79 Å². The van der Waals surface area contributed by atoms with Gasteiger partial charge >= 0.3 is 6.03 Å². The second kappa shape index (κ2) is 7.18. The lowest BCUT2D eigenvalue weighted by molar-refractivity contribution is 0.243. The highest BCUT2D eigenvalue weighted by atomic mass is 16.2. The standard InChI is InChI=1S/C21H25N3O/c25-21(22-14-16-6-5-7-16)23-19-10-3-1-9-18(19)15-24-13-12-17-8-2-4-11-20(17)24/h1-4,8-11,16H,5-7,12-15H2,(H2,22,23,25). The highest BCUT2D eigenvalue weighted by molar-refractivity contribution is 5.90. The zero-order valence-corrected chi connectivity index (χ0v) is 14.5. The maximum absolute atomic E-state index is 12.2. The molecule has 0 radical (unpaired) electrons. The van der Waals surface area contributed by atoms with Gasteiger partial charge in [-0.2, -0.15) is 0 Å². The molecule has 1 fully saturated rings. The number of carbonyl (C=O) groups excluding carboxylic acids is 1. The average Bonchev–Trinajstić information content (AvgIpc) is 2.98. The molecule has 2 N–H and O–H groups in total. The number of nitrogens with one attached hydrogen (secondary N) is 2. The molecule has 4 rings (SSSR count). The van der Waals surface area contributed by atoms with Gasteiger partial charge < -0.3 is 15.5 Å². The van der Waals surface area contributed by atoms with Crippen LogP contribution in [0.5, 0.6) is 0 Å². The Bertz CT molecular complexity index is 754. The number of hydrogen-bond donors (Lipinski definition) is 2. The molecule has 2 aromatic rings. The quantitative estimate of drug-likeness (QED) is 0.861. The van der Waals surface area contributed by atoms with Gasteiger partial charge in [-0.15, -0.1) is 0 Å². The number of urea groups is 1. The van der Waals surface area contributed by atoms with Gasteiger partial charge in [0, 0.05) is 31.0 Å². The van der Waals surface area contributed by atoms with Crippen molar-refractivity contribution in [2.75, 3.05) is 23.3 Å². The van der Waals surface area contributed by atoms with Crippen LogP contribution in [0.15, 0.2) is 48.5 Å². The molecule has 0 aromatic heterocycles. The Labute approximate surface area is 149 Å². The number of para-hydroxylation sites is 2. The summed E-state index contributed by atoms with van der Waals surface area (Å²) < 4.78 is 0. The minimum atomic E-state index is -0.0961. The van der Waals surface area contributed by atoms with Gasteiger partial charge in [-0.25, -0.2) is 4.79 Å². The first kappa shape index (κ1) is 16.0. The average molecular weight is 335 g/mol. The Balaban J connectivity index is 1.41. The largest absolute Gasteiger partial charge is 0.367 e. The number of amides is 2. The van der Waals surface area contributed by atoms with Crippen LogP contribution >= 0.6 is 0 Å². The summed E-state index contributed by atoms with van der Waals surface area (Å²) in [6.45, 7) is 2.63. The molecule has 0 atom stereocenters. The van der Waals surface area contributed by atoms with Gasteiger partial charge in [-0.05, 0) is 48.4 Å². The van der Waals surface area contributed by atoms with E-state index in [0.717, 1.165) is 37.3 Å². The molecule has 1 aliphatic carbocycles. The second-order valence-corrected chi connectivity index (χ2v) is 7.09. The van der Waals surface area contributed by atoms with Crippen LogP contribution < -0.4 is 15.5 Å². The third-order valence-corrected chi connectivity index (χ3v) is 5.39. The van der Waals surface area contributed by atoms with Crippen LogP contribution in [0.2, 0.25) is 0 Å². The number of fused-ring (bicyclic) bond motifs is 1. The molecule has 2 amide bonds. The number of benzene rings is 2. The molecule has 1 saturated carbocycles. The Morgan fingerprint density at radius 2 is 1.88 bits per heavy atom. The van der Waals surface area contributed by atoms with E-state index in [0.29, 0.717) is 5.92 Å². The maximum atomic E-state index is 12.2. The molecule has 25 heavy (non-hydrogen) atoms. The Morgan fingerprint density at radius 3 is 2.72 bits per heavy atom. The smallest absolute Gasteiger partial charge is 0.319 e. The molecule has 0 saturated heterocycles. The number of nitrogens with zero attached hydrogens (tertiary/aromatic N) is 1. The van der Waals surface area contributed by atoms with Crippen LogP contribution in [0.1, 0.15) is 30.4 Å². The Hall–Kier alpha value is -2.49. The first-order chi connectivity index (χ1) is 12.3. The molecule has 1 aliphatic heterocycles. The van der Waals surface area contributed by atoms with Gasteiger partial charge in [-0.3, -0.25) is 0 Å². The summed E-state index contributed by atoms with van der Waals surface area (Å²) in [6, 6.07) is 16.6.